The van der Waals surface area contributed by atoms with Gasteiger partial charge in [-0.1, -0.05) is 45.8 Å². The summed E-state index contributed by atoms with van der Waals surface area (Å²) < 4.78 is 10.6. The molecule has 1 aliphatic heterocycles. The number of hydrogen-bond acceptors (Lipinski definition) is 5. The monoisotopic (exact) mass is 430 g/mol. The van der Waals surface area contributed by atoms with Gasteiger partial charge in [-0.3, -0.25) is 4.79 Å². The molecule has 0 amide bonds. The van der Waals surface area contributed by atoms with Crippen molar-refractivity contribution >= 4 is 17.6 Å². The van der Waals surface area contributed by atoms with Crippen molar-refractivity contribution in [3.8, 4) is 0 Å². The number of carbonyl (C=O) groups excluding carboxylic acids is 1. The number of aliphatic hydroxyl groups is 2. The first-order valence-corrected chi connectivity index (χ1v) is 11.5. The van der Waals surface area contributed by atoms with Crippen molar-refractivity contribution in [1.29, 1.82) is 0 Å². The van der Waals surface area contributed by atoms with Gasteiger partial charge in [-0.15, -0.1) is 11.6 Å². The molecule has 0 radical (unpaired) electrons. The third-order valence-electron chi connectivity index (χ3n) is 6.65. The van der Waals surface area contributed by atoms with Crippen molar-refractivity contribution in [1.82, 2.24) is 0 Å². The zero-order valence-corrected chi connectivity index (χ0v) is 19.1. The molecule has 168 valence electrons. The van der Waals surface area contributed by atoms with Gasteiger partial charge in [0.1, 0.15) is 6.10 Å². The SMILES string of the molecule is CCCCC(C)(C)[C@H](O)C1O[C@@H]1[C@@H]1[C@@H](CC=CCCCC(=O)OC)[C@H](Cl)C[C@H]1O. The lowest BCUT2D eigenvalue weighted by atomic mass is 9.77. The fourth-order valence-corrected chi connectivity index (χ4v) is 5.07. The number of methoxy groups -OCH3 is 1. The molecule has 0 aromatic heterocycles. The van der Waals surface area contributed by atoms with Crippen LogP contribution in [0.1, 0.15) is 72.1 Å². The van der Waals surface area contributed by atoms with Gasteiger partial charge in [-0.2, -0.15) is 0 Å². The van der Waals surface area contributed by atoms with Gasteiger partial charge in [0.15, 0.2) is 0 Å². The van der Waals surface area contributed by atoms with Crippen LogP contribution >= 0.6 is 11.6 Å². The summed E-state index contributed by atoms with van der Waals surface area (Å²) in [6.07, 6.45) is 9.30. The van der Waals surface area contributed by atoms with Gasteiger partial charge in [-0.25, -0.2) is 0 Å². The normalized spacial score (nSPS) is 33.2. The Morgan fingerprint density at radius 1 is 1.34 bits per heavy atom. The predicted octanol–water partition coefficient (Wildman–Crippen LogP) is 4.23. The average molecular weight is 431 g/mol. The van der Waals surface area contributed by atoms with Gasteiger partial charge >= 0.3 is 5.97 Å². The predicted molar refractivity (Wildman–Crippen MR) is 115 cm³/mol. The molecule has 2 fully saturated rings. The topological polar surface area (TPSA) is 79.3 Å². The van der Waals surface area contributed by atoms with E-state index < -0.39 is 12.2 Å². The second kappa shape index (κ2) is 11.1. The van der Waals surface area contributed by atoms with Crippen LogP contribution in [0, 0.1) is 17.3 Å². The van der Waals surface area contributed by atoms with Crippen LogP contribution < -0.4 is 0 Å². The van der Waals surface area contributed by atoms with E-state index in [0.29, 0.717) is 12.8 Å². The summed E-state index contributed by atoms with van der Waals surface area (Å²) in [5.41, 5.74) is -0.200. The summed E-state index contributed by atoms with van der Waals surface area (Å²) in [4.78, 5) is 11.1. The highest BCUT2D eigenvalue weighted by Crippen LogP contribution is 2.50. The highest BCUT2D eigenvalue weighted by atomic mass is 35.5. The highest BCUT2D eigenvalue weighted by Gasteiger charge is 2.59. The number of ether oxygens (including phenoxy) is 2. The fraction of sp³-hybridized carbons (Fsp3) is 0.870. The number of esters is 1. The Labute approximate surface area is 180 Å². The van der Waals surface area contributed by atoms with Crippen LogP contribution in [-0.4, -0.2) is 53.1 Å². The maximum Gasteiger partial charge on any atom is 0.305 e. The third-order valence-corrected chi connectivity index (χ3v) is 7.15. The van der Waals surface area contributed by atoms with Crippen molar-refractivity contribution in [2.75, 3.05) is 7.11 Å². The van der Waals surface area contributed by atoms with Crippen LogP contribution in [0.5, 0.6) is 0 Å². The minimum atomic E-state index is -0.532. The molecule has 0 spiro atoms. The first-order valence-electron chi connectivity index (χ1n) is 11.1. The number of aliphatic hydroxyl groups excluding tert-OH is 2. The third kappa shape index (κ3) is 6.68. The number of carbonyl (C=O) groups is 1. The summed E-state index contributed by atoms with van der Waals surface area (Å²) in [5.74, 6) is -0.0983. The molecule has 0 aromatic carbocycles. The van der Waals surface area contributed by atoms with Crippen molar-refractivity contribution in [2.45, 2.75) is 102 Å². The van der Waals surface area contributed by atoms with E-state index in [9.17, 15) is 15.0 Å². The molecule has 1 aliphatic carbocycles. The summed E-state index contributed by atoms with van der Waals surface area (Å²) in [6.45, 7) is 6.34. The first-order chi connectivity index (χ1) is 13.7. The molecule has 0 aromatic rings. The second-order valence-electron chi connectivity index (χ2n) is 9.34. The lowest BCUT2D eigenvalue weighted by molar-refractivity contribution is -0.140. The minimum absolute atomic E-state index is 0.0427. The average Bonchev–Trinajstić information content (AvgIpc) is 3.41. The van der Waals surface area contributed by atoms with Gasteiger partial charge in [0.25, 0.3) is 0 Å². The largest absolute Gasteiger partial charge is 0.469 e. The second-order valence-corrected chi connectivity index (χ2v) is 9.90. The Morgan fingerprint density at radius 2 is 2.07 bits per heavy atom. The molecule has 5 nitrogen and oxygen atoms in total. The first kappa shape index (κ1) is 24.6. The number of hydrogen-bond donors (Lipinski definition) is 2. The smallest absolute Gasteiger partial charge is 0.305 e. The maximum absolute atomic E-state index is 11.1. The molecule has 2 rings (SSSR count). The maximum atomic E-state index is 11.1. The van der Waals surface area contributed by atoms with Crippen molar-refractivity contribution in [3.63, 3.8) is 0 Å². The van der Waals surface area contributed by atoms with Gasteiger partial charge in [0, 0.05) is 17.7 Å². The lowest BCUT2D eigenvalue weighted by Crippen LogP contribution is -2.37. The molecular weight excluding hydrogens is 392 g/mol. The van der Waals surface area contributed by atoms with Crippen molar-refractivity contribution in [3.05, 3.63) is 12.2 Å². The molecule has 1 saturated carbocycles. The van der Waals surface area contributed by atoms with E-state index in [-0.39, 0.29) is 40.8 Å². The van der Waals surface area contributed by atoms with Crippen LogP contribution in [0.25, 0.3) is 0 Å². The molecule has 29 heavy (non-hydrogen) atoms. The van der Waals surface area contributed by atoms with E-state index in [4.69, 9.17) is 16.3 Å². The fourth-order valence-electron chi connectivity index (χ4n) is 4.62. The Morgan fingerprint density at radius 3 is 2.72 bits per heavy atom. The lowest BCUT2D eigenvalue weighted by Gasteiger charge is -2.30. The van der Waals surface area contributed by atoms with E-state index in [1.54, 1.807) is 0 Å². The Bertz CT molecular complexity index is 549. The minimum Gasteiger partial charge on any atom is -0.469 e. The summed E-state index contributed by atoms with van der Waals surface area (Å²) in [5, 5.41) is 21.4. The molecule has 2 aliphatic rings. The Balaban J connectivity index is 1.88. The van der Waals surface area contributed by atoms with Crippen LogP contribution in [0.15, 0.2) is 12.2 Å². The highest BCUT2D eigenvalue weighted by molar-refractivity contribution is 6.21. The number of epoxide rings is 1. The number of halogens is 1. The molecule has 1 saturated heterocycles. The number of allylic oxidation sites excluding steroid dienone is 2. The van der Waals surface area contributed by atoms with Crippen LogP contribution in [0.3, 0.4) is 0 Å². The molecule has 6 heteroatoms. The van der Waals surface area contributed by atoms with Crippen molar-refractivity contribution < 1.29 is 24.5 Å². The summed E-state index contributed by atoms with van der Waals surface area (Å²) in [6, 6.07) is 0. The van der Waals surface area contributed by atoms with Crippen LogP contribution in [0.4, 0.5) is 0 Å². The van der Waals surface area contributed by atoms with E-state index >= 15 is 0 Å². The molecule has 7 atom stereocenters. The van der Waals surface area contributed by atoms with E-state index in [1.807, 2.05) is 0 Å². The van der Waals surface area contributed by atoms with Gasteiger partial charge in [-0.05, 0) is 43.4 Å². The standard InChI is InChI=1S/C23H39ClO5/c1-5-6-13-23(2,3)22(27)21-20(29-21)19-15(16(24)14-17(19)25)11-9-7-8-10-12-18(26)28-4/h7,9,15-17,19-22,25,27H,5-6,8,10-14H2,1-4H3/t15-,16+,17+,19+,20+,21?,22+/m0/s1. The number of rotatable bonds is 12. The molecule has 2 N–H and O–H groups in total. The molecular formula is C23H39ClO5. The quantitative estimate of drug-likeness (QED) is 0.159. The van der Waals surface area contributed by atoms with Gasteiger partial charge in [0.05, 0.1) is 25.4 Å². The molecule has 1 unspecified atom stereocenters. The van der Waals surface area contributed by atoms with Crippen LogP contribution in [0.2, 0.25) is 0 Å². The number of alkyl halides is 1. The molecule has 1 heterocycles. The Kier molecular flexibility index (Phi) is 9.46. The molecule has 0 bridgehead atoms. The zero-order valence-electron chi connectivity index (χ0n) is 18.4. The van der Waals surface area contributed by atoms with E-state index in [1.165, 1.54) is 7.11 Å². The van der Waals surface area contributed by atoms with Gasteiger partial charge in [0.2, 0.25) is 0 Å². The van der Waals surface area contributed by atoms with Gasteiger partial charge < -0.3 is 19.7 Å². The number of unbranched alkanes of at least 4 members (excludes halogenated alkanes) is 2. The summed E-state index contributed by atoms with van der Waals surface area (Å²) in [7, 11) is 1.40. The zero-order chi connectivity index (χ0) is 21.6. The van der Waals surface area contributed by atoms with Crippen molar-refractivity contribution in [2.24, 2.45) is 17.3 Å². The van der Waals surface area contributed by atoms with Crippen LogP contribution in [-0.2, 0) is 14.3 Å². The summed E-state index contributed by atoms with van der Waals surface area (Å²) >= 11 is 6.55. The van der Waals surface area contributed by atoms with E-state index in [2.05, 4.69) is 37.7 Å². The Hall–Kier alpha value is -0.620. The van der Waals surface area contributed by atoms with E-state index in [0.717, 1.165) is 38.5 Å².